The average molecular weight is 232 g/mol. The Bertz CT molecular complexity index is 279. The Hall–Kier alpha value is -0.680. The normalized spacial score (nSPS) is 28.1. The van der Waals surface area contributed by atoms with Gasteiger partial charge in [-0.15, -0.1) is 0 Å². The molecule has 0 radical (unpaired) electrons. The molecule has 0 spiro atoms. The lowest BCUT2D eigenvalue weighted by Crippen LogP contribution is -2.29. The highest BCUT2D eigenvalue weighted by molar-refractivity contribution is 7.79. The first-order valence-electron chi connectivity index (χ1n) is 4.97. The van der Waals surface area contributed by atoms with E-state index in [1.54, 1.807) is 6.92 Å². The second-order valence-corrected chi connectivity index (χ2v) is 5.08. The minimum Gasteiger partial charge on any atom is -0.459 e. The highest BCUT2D eigenvalue weighted by atomic mass is 32.2. The molecule has 0 aromatic rings. The molecule has 1 unspecified atom stereocenters. The van der Waals surface area contributed by atoms with Crippen LogP contribution in [0.25, 0.3) is 0 Å². The molecule has 86 valence electrons. The van der Waals surface area contributed by atoms with E-state index in [1.807, 2.05) is 0 Å². The summed E-state index contributed by atoms with van der Waals surface area (Å²) in [6.45, 7) is 5.11. The molecule has 0 amide bonds. The maximum absolute atomic E-state index is 11.2. The molecule has 5 heteroatoms. The van der Waals surface area contributed by atoms with E-state index in [0.29, 0.717) is 31.3 Å². The third kappa shape index (κ3) is 3.76. The lowest BCUT2D eigenvalue weighted by molar-refractivity contribution is -0.145. The van der Waals surface area contributed by atoms with E-state index < -0.39 is 11.1 Å². The van der Waals surface area contributed by atoms with Crippen molar-refractivity contribution >= 4 is 17.0 Å². The van der Waals surface area contributed by atoms with Crippen LogP contribution < -0.4 is 0 Å². The molecule has 4 nitrogen and oxygen atoms in total. The van der Waals surface area contributed by atoms with Crippen LogP contribution in [0.4, 0.5) is 0 Å². The van der Waals surface area contributed by atoms with Crippen LogP contribution in [-0.2, 0) is 20.6 Å². The van der Waals surface area contributed by atoms with Gasteiger partial charge in [0.1, 0.15) is 6.10 Å². The molecule has 0 saturated heterocycles. The summed E-state index contributed by atoms with van der Waals surface area (Å²) in [7, 11) is 0. The van der Waals surface area contributed by atoms with Crippen molar-refractivity contribution in [3.63, 3.8) is 0 Å². The van der Waals surface area contributed by atoms with Crippen molar-refractivity contribution in [2.45, 2.75) is 44.0 Å². The third-order valence-electron chi connectivity index (χ3n) is 2.53. The minimum absolute atomic E-state index is 0.117. The highest BCUT2D eigenvalue weighted by Crippen LogP contribution is 2.24. The van der Waals surface area contributed by atoms with Crippen LogP contribution in [0.15, 0.2) is 12.2 Å². The smallest absolute Gasteiger partial charge is 0.333 e. The van der Waals surface area contributed by atoms with Gasteiger partial charge in [-0.2, -0.15) is 0 Å². The summed E-state index contributed by atoms with van der Waals surface area (Å²) >= 11 is -1.75. The second kappa shape index (κ2) is 5.42. The van der Waals surface area contributed by atoms with Gasteiger partial charge in [0, 0.05) is 5.57 Å². The van der Waals surface area contributed by atoms with Crippen molar-refractivity contribution in [2.24, 2.45) is 0 Å². The molecule has 0 aliphatic heterocycles. The molecular formula is C10H16O4S. The topological polar surface area (TPSA) is 63.6 Å². The summed E-state index contributed by atoms with van der Waals surface area (Å²) in [5, 5.41) is -0.162. The van der Waals surface area contributed by atoms with Gasteiger partial charge in [-0.3, -0.25) is 0 Å². The van der Waals surface area contributed by atoms with Crippen molar-refractivity contribution in [1.82, 2.24) is 0 Å². The Balaban J connectivity index is 2.35. The average Bonchev–Trinajstić information content (AvgIpc) is 2.18. The lowest BCUT2D eigenvalue weighted by Gasteiger charge is -2.26. The second-order valence-electron chi connectivity index (χ2n) is 3.86. The Morgan fingerprint density at radius 1 is 1.40 bits per heavy atom. The summed E-state index contributed by atoms with van der Waals surface area (Å²) in [4.78, 5) is 11.2. The molecule has 0 aromatic heterocycles. The Morgan fingerprint density at radius 2 is 1.93 bits per heavy atom. The molecule has 1 rings (SSSR count). The predicted octanol–water partition coefficient (Wildman–Crippen LogP) is 1.64. The Morgan fingerprint density at radius 3 is 2.33 bits per heavy atom. The van der Waals surface area contributed by atoms with Crippen molar-refractivity contribution in [3.05, 3.63) is 12.2 Å². The zero-order valence-corrected chi connectivity index (χ0v) is 9.59. The van der Waals surface area contributed by atoms with Crippen LogP contribution in [0.3, 0.4) is 0 Å². The van der Waals surface area contributed by atoms with Crippen LogP contribution in [0.1, 0.15) is 32.6 Å². The fraction of sp³-hybridized carbons (Fsp3) is 0.700. The van der Waals surface area contributed by atoms with Crippen LogP contribution >= 0.6 is 0 Å². The molecule has 1 saturated carbocycles. The van der Waals surface area contributed by atoms with Crippen molar-refractivity contribution in [3.8, 4) is 0 Å². The highest BCUT2D eigenvalue weighted by Gasteiger charge is 2.26. The molecule has 1 N–H and O–H groups in total. The molecule has 1 aliphatic rings. The van der Waals surface area contributed by atoms with Gasteiger partial charge in [-0.1, -0.05) is 6.58 Å². The number of ether oxygens (including phenoxy) is 1. The number of hydrogen-bond acceptors (Lipinski definition) is 3. The van der Waals surface area contributed by atoms with Crippen molar-refractivity contribution in [2.75, 3.05) is 0 Å². The summed E-state index contributed by atoms with van der Waals surface area (Å²) in [5.41, 5.74) is 0.392. The first kappa shape index (κ1) is 12.4. The number of carbonyl (C=O) groups is 1. The quantitative estimate of drug-likeness (QED) is 0.456. The van der Waals surface area contributed by atoms with Gasteiger partial charge in [0.05, 0.1) is 5.25 Å². The van der Waals surface area contributed by atoms with Gasteiger partial charge < -0.3 is 9.29 Å². The van der Waals surface area contributed by atoms with E-state index in [0.717, 1.165) is 0 Å². The lowest BCUT2D eigenvalue weighted by atomic mass is 9.97. The van der Waals surface area contributed by atoms with E-state index in [-0.39, 0.29) is 17.3 Å². The van der Waals surface area contributed by atoms with E-state index in [9.17, 15) is 9.00 Å². The molecule has 0 heterocycles. The zero-order chi connectivity index (χ0) is 11.4. The molecule has 1 atom stereocenters. The maximum atomic E-state index is 11.2. The van der Waals surface area contributed by atoms with E-state index in [2.05, 4.69) is 6.58 Å². The molecule has 1 fully saturated rings. The number of carbonyl (C=O) groups excluding carboxylic acids is 1. The van der Waals surface area contributed by atoms with Crippen LogP contribution in [0.2, 0.25) is 0 Å². The van der Waals surface area contributed by atoms with Gasteiger partial charge in [-0.25, -0.2) is 9.00 Å². The van der Waals surface area contributed by atoms with E-state index in [1.165, 1.54) is 0 Å². The molecule has 15 heavy (non-hydrogen) atoms. The maximum Gasteiger partial charge on any atom is 0.333 e. The fourth-order valence-corrected chi connectivity index (χ4v) is 2.28. The predicted molar refractivity (Wildman–Crippen MR) is 57.7 cm³/mol. The SMILES string of the molecule is C=C(C)C(=O)OC1CCC(S(=O)O)CC1. The van der Waals surface area contributed by atoms with Crippen LogP contribution in [0, 0.1) is 0 Å². The molecular weight excluding hydrogens is 216 g/mol. The zero-order valence-electron chi connectivity index (χ0n) is 8.77. The fourth-order valence-electron chi connectivity index (χ4n) is 1.60. The Kier molecular flexibility index (Phi) is 4.47. The Labute approximate surface area is 92.0 Å². The first-order valence-corrected chi connectivity index (χ1v) is 6.14. The summed E-state index contributed by atoms with van der Waals surface area (Å²) < 4.78 is 24.8. The van der Waals surface area contributed by atoms with Gasteiger partial charge >= 0.3 is 5.97 Å². The van der Waals surface area contributed by atoms with Crippen LogP contribution in [-0.4, -0.2) is 26.1 Å². The molecule has 1 aliphatic carbocycles. The molecule has 0 bridgehead atoms. The van der Waals surface area contributed by atoms with E-state index >= 15 is 0 Å². The standard InChI is InChI=1S/C10H16O4S/c1-7(2)10(11)14-8-3-5-9(6-4-8)15(12)13/h8-9H,1,3-6H2,2H3,(H,12,13). The number of hydrogen-bond donors (Lipinski definition) is 1. The van der Waals surface area contributed by atoms with E-state index in [4.69, 9.17) is 9.29 Å². The van der Waals surface area contributed by atoms with Gasteiger partial charge in [0.15, 0.2) is 11.1 Å². The third-order valence-corrected chi connectivity index (χ3v) is 3.57. The molecule has 0 aromatic carbocycles. The monoisotopic (exact) mass is 232 g/mol. The minimum atomic E-state index is -1.75. The van der Waals surface area contributed by atoms with Gasteiger partial charge in [0.2, 0.25) is 0 Å². The first-order chi connectivity index (χ1) is 7.00. The summed E-state index contributed by atoms with van der Waals surface area (Å²) in [6.07, 6.45) is 2.48. The largest absolute Gasteiger partial charge is 0.459 e. The number of esters is 1. The van der Waals surface area contributed by atoms with Crippen LogP contribution in [0.5, 0.6) is 0 Å². The summed E-state index contributed by atoms with van der Waals surface area (Å²) in [6, 6.07) is 0. The van der Waals surface area contributed by atoms with Gasteiger partial charge in [-0.05, 0) is 32.6 Å². The van der Waals surface area contributed by atoms with Crippen molar-refractivity contribution < 1.29 is 18.3 Å². The summed E-state index contributed by atoms with van der Waals surface area (Å²) in [5.74, 6) is -0.372. The van der Waals surface area contributed by atoms with Gasteiger partial charge in [0.25, 0.3) is 0 Å². The van der Waals surface area contributed by atoms with Crippen molar-refractivity contribution in [1.29, 1.82) is 0 Å². The number of rotatable bonds is 3.